The second-order valence-corrected chi connectivity index (χ2v) is 6.99. The number of hydrogen-bond donors (Lipinski definition) is 2. The lowest BCUT2D eigenvalue weighted by Crippen LogP contribution is -2.03. The molecule has 0 aromatic carbocycles. The number of nitrogens with zero attached hydrogens (tertiary/aromatic N) is 1. The van der Waals surface area contributed by atoms with Crippen LogP contribution in [0.1, 0.15) is 58.8 Å². The summed E-state index contributed by atoms with van der Waals surface area (Å²) in [5, 5.41) is 19.7. The molecule has 1 rings (SSSR count). The Morgan fingerprint density at radius 1 is 1.05 bits per heavy atom. The molecule has 1 unspecified atom stereocenters. The molecule has 0 saturated carbocycles. The van der Waals surface area contributed by atoms with Gasteiger partial charge < -0.3 is 10.2 Å². The molecule has 1 aromatic rings. The van der Waals surface area contributed by atoms with Gasteiger partial charge in [-0.15, -0.1) is 0 Å². The predicted octanol–water partition coefficient (Wildman–Crippen LogP) is 4.77. The van der Waals surface area contributed by atoms with Gasteiger partial charge in [-0.3, -0.25) is 4.57 Å². The van der Waals surface area contributed by atoms with Crippen molar-refractivity contribution in [1.29, 1.82) is 0 Å². The fraction of sp³-hybridized carbons (Fsp3) is 0.750. The lowest BCUT2D eigenvalue weighted by Gasteiger charge is -2.12. The van der Waals surface area contributed by atoms with Crippen molar-refractivity contribution >= 4 is 11.8 Å². The van der Waals surface area contributed by atoms with E-state index in [1.54, 1.807) is 4.57 Å². The van der Waals surface area contributed by atoms with E-state index in [0.717, 1.165) is 5.75 Å². The average molecular weight is 299 g/mol. The molecule has 1 atom stereocenters. The Morgan fingerprint density at radius 2 is 1.65 bits per heavy atom. The largest absolute Gasteiger partial charge is 0.494 e. The SMILES string of the molecule is CCCCCCCCC(C)SCCn1c(O)ccc1O. The van der Waals surface area contributed by atoms with E-state index in [1.807, 2.05) is 11.8 Å². The molecule has 0 spiro atoms. The van der Waals surface area contributed by atoms with Crippen LogP contribution in [0.3, 0.4) is 0 Å². The molecular formula is C16H29NO2S. The van der Waals surface area contributed by atoms with E-state index in [2.05, 4.69) is 13.8 Å². The van der Waals surface area contributed by atoms with E-state index in [1.165, 1.54) is 57.1 Å². The number of unbranched alkanes of at least 4 members (excludes halogenated alkanes) is 5. The summed E-state index contributed by atoms with van der Waals surface area (Å²) >= 11 is 1.92. The van der Waals surface area contributed by atoms with Crippen LogP contribution in [0.25, 0.3) is 0 Å². The molecule has 0 saturated heterocycles. The Morgan fingerprint density at radius 3 is 2.30 bits per heavy atom. The Bertz CT molecular complexity index is 346. The summed E-state index contributed by atoms with van der Waals surface area (Å²) in [7, 11) is 0. The second kappa shape index (κ2) is 10.0. The highest BCUT2D eigenvalue weighted by molar-refractivity contribution is 7.99. The molecular weight excluding hydrogens is 270 g/mol. The number of aromatic hydroxyl groups is 2. The van der Waals surface area contributed by atoms with E-state index in [-0.39, 0.29) is 11.8 Å². The smallest absolute Gasteiger partial charge is 0.193 e. The predicted molar refractivity (Wildman–Crippen MR) is 87.7 cm³/mol. The Balaban J connectivity index is 2.04. The van der Waals surface area contributed by atoms with Crippen molar-refractivity contribution in [1.82, 2.24) is 4.57 Å². The van der Waals surface area contributed by atoms with Gasteiger partial charge in [0.05, 0.1) is 0 Å². The van der Waals surface area contributed by atoms with E-state index >= 15 is 0 Å². The van der Waals surface area contributed by atoms with Gasteiger partial charge in [-0.05, 0) is 6.42 Å². The van der Waals surface area contributed by atoms with E-state index in [9.17, 15) is 10.2 Å². The zero-order valence-electron chi connectivity index (χ0n) is 12.8. The fourth-order valence-corrected chi connectivity index (χ4v) is 3.34. The molecule has 3 nitrogen and oxygen atoms in total. The van der Waals surface area contributed by atoms with Gasteiger partial charge in [-0.2, -0.15) is 11.8 Å². The summed E-state index contributed by atoms with van der Waals surface area (Å²) < 4.78 is 1.55. The highest BCUT2D eigenvalue weighted by Crippen LogP contribution is 2.23. The van der Waals surface area contributed by atoms with Crippen LogP contribution in [0.4, 0.5) is 0 Å². The zero-order chi connectivity index (χ0) is 14.8. The first-order valence-electron chi connectivity index (χ1n) is 7.84. The van der Waals surface area contributed by atoms with Crippen LogP contribution in [0.5, 0.6) is 11.8 Å². The quantitative estimate of drug-likeness (QED) is 0.578. The van der Waals surface area contributed by atoms with Crippen molar-refractivity contribution in [2.45, 2.75) is 70.6 Å². The molecule has 0 aliphatic rings. The molecule has 2 N–H and O–H groups in total. The first-order valence-corrected chi connectivity index (χ1v) is 8.89. The van der Waals surface area contributed by atoms with Crippen LogP contribution in [-0.2, 0) is 6.54 Å². The monoisotopic (exact) mass is 299 g/mol. The van der Waals surface area contributed by atoms with Gasteiger partial charge in [0.15, 0.2) is 11.8 Å². The molecule has 0 aliphatic heterocycles. The summed E-state index contributed by atoms with van der Waals surface area (Å²) in [6.45, 7) is 5.18. The molecule has 116 valence electrons. The van der Waals surface area contributed by atoms with Gasteiger partial charge in [0.25, 0.3) is 0 Å². The summed E-state index contributed by atoms with van der Waals surface area (Å²) in [6, 6.07) is 3.06. The summed E-state index contributed by atoms with van der Waals surface area (Å²) in [5.74, 6) is 1.21. The minimum atomic E-state index is 0.145. The molecule has 0 radical (unpaired) electrons. The standard InChI is InChI=1S/C16H29NO2S/c1-3-4-5-6-7-8-9-14(2)20-13-12-17-15(18)10-11-16(17)19/h10-11,14,18-19H,3-9,12-13H2,1-2H3. The Kier molecular flexibility index (Phi) is 8.67. The number of aromatic nitrogens is 1. The fourth-order valence-electron chi connectivity index (χ4n) is 2.32. The molecule has 4 heteroatoms. The van der Waals surface area contributed by atoms with Crippen molar-refractivity contribution in [2.24, 2.45) is 0 Å². The van der Waals surface area contributed by atoms with Crippen molar-refractivity contribution in [3.8, 4) is 11.8 Å². The number of rotatable bonds is 11. The van der Waals surface area contributed by atoms with E-state index in [4.69, 9.17) is 0 Å². The third kappa shape index (κ3) is 6.60. The van der Waals surface area contributed by atoms with E-state index in [0.29, 0.717) is 11.8 Å². The van der Waals surface area contributed by atoms with Gasteiger partial charge >= 0.3 is 0 Å². The third-order valence-electron chi connectivity index (χ3n) is 3.62. The molecule has 0 aliphatic carbocycles. The van der Waals surface area contributed by atoms with Crippen LogP contribution in [-0.4, -0.2) is 25.8 Å². The van der Waals surface area contributed by atoms with Crippen LogP contribution >= 0.6 is 11.8 Å². The molecule has 20 heavy (non-hydrogen) atoms. The molecule has 0 amide bonds. The first kappa shape index (κ1) is 17.3. The van der Waals surface area contributed by atoms with Gasteiger partial charge in [0.2, 0.25) is 0 Å². The maximum absolute atomic E-state index is 9.53. The second-order valence-electron chi connectivity index (χ2n) is 5.44. The molecule has 0 fully saturated rings. The summed E-state index contributed by atoms with van der Waals surface area (Å²) in [4.78, 5) is 0. The molecule has 1 aromatic heterocycles. The topological polar surface area (TPSA) is 45.4 Å². The minimum Gasteiger partial charge on any atom is -0.494 e. The van der Waals surface area contributed by atoms with Gasteiger partial charge in [0, 0.05) is 29.7 Å². The van der Waals surface area contributed by atoms with Gasteiger partial charge in [0.1, 0.15) is 0 Å². The molecule has 1 heterocycles. The third-order valence-corrected chi connectivity index (χ3v) is 4.84. The number of thioether (sulfide) groups is 1. The maximum Gasteiger partial charge on any atom is 0.193 e. The maximum atomic E-state index is 9.53. The average Bonchev–Trinajstić information content (AvgIpc) is 2.74. The highest BCUT2D eigenvalue weighted by atomic mass is 32.2. The van der Waals surface area contributed by atoms with Crippen molar-refractivity contribution < 1.29 is 10.2 Å². The van der Waals surface area contributed by atoms with E-state index < -0.39 is 0 Å². The normalized spacial score (nSPS) is 12.7. The Hall–Kier alpha value is -0.770. The van der Waals surface area contributed by atoms with Crippen LogP contribution in [0, 0.1) is 0 Å². The zero-order valence-corrected chi connectivity index (χ0v) is 13.7. The highest BCUT2D eigenvalue weighted by Gasteiger charge is 2.07. The van der Waals surface area contributed by atoms with Gasteiger partial charge in [-0.25, -0.2) is 0 Å². The minimum absolute atomic E-state index is 0.145. The van der Waals surface area contributed by atoms with Crippen LogP contribution in [0.15, 0.2) is 12.1 Å². The summed E-state index contributed by atoms with van der Waals surface area (Å²) in [5.41, 5.74) is 0. The van der Waals surface area contributed by atoms with Crippen molar-refractivity contribution in [3.63, 3.8) is 0 Å². The lowest BCUT2D eigenvalue weighted by atomic mass is 10.1. The van der Waals surface area contributed by atoms with Gasteiger partial charge in [-0.1, -0.05) is 52.4 Å². The first-order chi connectivity index (χ1) is 9.65. The van der Waals surface area contributed by atoms with Crippen LogP contribution in [0.2, 0.25) is 0 Å². The number of hydrogen-bond acceptors (Lipinski definition) is 3. The lowest BCUT2D eigenvalue weighted by molar-refractivity contribution is 0.374. The van der Waals surface area contributed by atoms with Crippen LogP contribution < -0.4 is 0 Å². The van der Waals surface area contributed by atoms with Crippen molar-refractivity contribution in [3.05, 3.63) is 12.1 Å². The Labute approximate surface area is 127 Å². The summed E-state index contributed by atoms with van der Waals surface area (Å²) in [6.07, 6.45) is 9.36. The van der Waals surface area contributed by atoms with Crippen molar-refractivity contribution in [2.75, 3.05) is 5.75 Å². The molecule has 0 bridgehead atoms.